The van der Waals surface area contributed by atoms with Gasteiger partial charge in [0, 0.05) is 6.04 Å². The van der Waals surface area contributed by atoms with E-state index in [2.05, 4.69) is 50.4 Å². The number of hydrogen-bond donors (Lipinski definition) is 1. The molecule has 94 valence electrons. The molecule has 2 rings (SSSR count). The van der Waals surface area contributed by atoms with E-state index in [4.69, 9.17) is 0 Å². The average molecular weight is 231 g/mol. The van der Waals surface area contributed by atoms with E-state index in [0.29, 0.717) is 5.92 Å². The molecule has 1 aliphatic rings. The van der Waals surface area contributed by atoms with Crippen LogP contribution in [0.25, 0.3) is 0 Å². The van der Waals surface area contributed by atoms with Gasteiger partial charge in [0.25, 0.3) is 0 Å². The number of nitrogens with one attached hydrogen (secondary N) is 1. The van der Waals surface area contributed by atoms with E-state index in [0.717, 1.165) is 18.5 Å². The molecule has 0 radical (unpaired) electrons. The Labute approximate surface area is 106 Å². The van der Waals surface area contributed by atoms with Crippen molar-refractivity contribution in [3.8, 4) is 0 Å². The Balaban J connectivity index is 1.80. The topological polar surface area (TPSA) is 12.0 Å². The van der Waals surface area contributed by atoms with Crippen LogP contribution in [0.3, 0.4) is 0 Å². The Morgan fingerprint density at radius 3 is 2.29 bits per heavy atom. The quantitative estimate of drug-likeness (QED) is 0.786. The van der Waals surface area contributed by atoms with Gasteiger partial charge < -0.3 is 5.32 Å². The van der Waals surface area contributed by atoms with Crippen LogP contribution in [-0.4, -0.2) is 12.6 Å². The first kappa shape index (κ1) is 12.6. The Hall–Kier alpha value is -0.820. The summed E-state index contributed by atoms with van der Waals surface area (Å²) >= 11 is 0. The summed E-state index contributed by atoms with van der Waals surface area (Å²) in [5.74, 6) is 1.37. The number of benzene rings is 1. The third kappa shape index (κ3) is 4.16. The first-order chi connectivity index (χ1) is 8.15. The van der Waals surface area contributed by atoms with Crippen molar-refractivity contribution in [1.82, 2.24) is 5.32 Å². The molecule has 1 atom stereocenters. The van der Waals surface area contributed by atoms with Gasteiger partial charge in [-0.1, -0.05) is 45.0 Å². The average Bonchev–Trinajstić information content (AvgIpc) is 3.11. The Bertz CT molecular complexity index is 335. The maximum atomic E-state index is 3.61. The maximum Gasteiger partial charge on any atom is 0.00683 e. The Morgan fingerprint density at radius 1 is 1.12 bits per heavy atom. The van der Waals surface area contributed by atoms with Crippen LogP contribution in [0, 0.1) is 5.92 Å². The molecule has 1 nitrogen and oxygen atoms in total. The predicted octanol–water partition coefficient (Wildman–Crippen LogP) is 3.74. The molecule has 17 heavy (non-hydrogen) atoms. The molecule has 0 spiro atoms. The fraction of sp³-hybridized carbons (Fsp3) is 0.625. The Morgan fingerprint density at radius 2 is 1.76 bits per heavy atom. The van der Waals surface area contributed by atoms with Crippen LogP contribution in [0.5, 0.6) is 0 Å². The molecular weight excluding hydrogens is 206 g/mol. The van der Waals surface area contributed by atoms with Crippen molar-refractivity contribution < 1.29 is 0 Å². The lowest BCUT2D eigenvalue weighted by molar-refractivity contribution is 0.509. The summed E-state index contributed by atoms with van der Waals surface area (Å²) in [6.45, 7) is 8.00. The summed E-state index contributed by atoms with van der Waals surface area (Å²) in [4.78, 5) is 0. The van der Waals surface area contributed by atoms with E-state index in [-0.39, 0.29) is 0 Å². The lowest BCUT2D eigenvalue weighted by Gasteiger charge is -2.13. The predicted molar refractivity (Wildman–Crippen MR) is 74.4 cm³/mol. The van der Waals surface area contributed by atoms with Crippen LogP contribution in [-0.2, 0) is 6.42 Å². The SMILES string of the molecule is CC(CNC1CC1)Cc1ccc(C(C)C)cc1. The first-order valence-electron chi connectivity index (χ1n) is 6.97. The molecule has 0 aromatic heterocycles. The van der Waals surface area contributed by atoms with Gasteiger partial charge in [-0.25, -0.2) is 0 Å². The number of rotatable bonds is 6. The van der Waals surface area contributed by atoms with Gasteiger partial charge in [0.05, 0.1) is 0 Å². The van der Waals surface area contributed by atoms with Crippen LogP contribution < -0.4 is 5.32 Å². The lowest BCUT2D eigenvalue weighted by atomic mass is 9.97. The molecule has 0 bridgehead atoms. The summed E-state index contributed by atoms with van der Waals surface area (Å²) in [6, 6.07) is 9.98. The summed E-state index contributed by atoms with van der Waals surface area (Å²) in [5, 5.41) is 3.61. The molecule has 1 unspecified atom stereocenters. The van der Waals surface area contributed by atoms with E-state index < -0.39 is 0 Å². The molecule has 0 amide bonds. The highest BCUT2D eigenvalue weighted by atomic mass is 14.9. The van der Waals surface area contributed by atoms with Gasteiger partial charge >= 0.3 is 0 Å². The third-order valence-corrected chi connectivity index (χ3v) is 3.56. The zero-order valence-electron chi connectivity index (χ0n) is 11.4. The van der Waals surface area contributed by atoms with Crippen molar-refractivity contribution in [1.29, 1.82) is 0 Å². The second-order valence-electron chi connectivity index (χ2n) is 5.89. The minimum atomic E-state index is 0.637. The second kappa shape index (κ2) is 5.68. The molecule has 1 aromatic carbocycles. The highest BCUT2D eigenvalue weighted by molar-refractivity contribution is 5.24. The summed E-state index contributed by atoms with van der Waals surface area (Å²) in [7, 11) is 0. The summed E-state index contributed by atoms with van der Waals surface area (Å²) in [6.07, 6.45) is 3.96. The van der Waals surface area contributed by atoms with Gasteiger partial charge in [-0.15, -0.1) is 0 Å². The van der Waals surface area contributed by atoms with E-state index in [1.54, 1.807) is 0 Å². The largest absolute Gasteiger partial charge is 0.314 e. The van der Waals surface area contributed by atoms with Crippen molar-refractivity contribution in [3.05, 3.63) is 35.4 Å². The van der Waals surface area contributed by atoms with E-state index in [9.17, 15) is 0 Å². The molecule has 0 saturated heterocycles. The molecule has 0 heterocycles. The van der Waals surface area contributed by atoms with Crippen molar-refractivity contribution >= 4 is 0 Å². The monoisotopic (exact) mass is 231 g/mol. The van der Waals surface area contributed by atoms with Gasteiger partial charge in [0.2, 0.25) is 0 Å². The standard InChI is InChI=1S/C16H25N/c1-12(2)15-6-4-14(5-7-15)10-13(3)11-17-16-8-9-16/h4-7,12-13,16-17H,8-11H2,1-3H3. The smallest absolute Gasteiger partial charge is 0.00683 e. The van der Waals surface area contributed by atoms with Crippen LogP contribution >= 0.6 is 0 Å². The maximum absolute atomic E-state index is 3.61. The third-order valence-electron chi connectivity index (χ3n) is 3.56. The van der Waals surface area contributed by atoms with Crippen LogP contribution in [0.1, 0.15) is 50.7 Å². The zero-order valence-corrected chi connectivity index (χ0v) is 11.4. The molecule has 1 aromatic rings. The molecule has 1 saturated carbocycles. The minimum absolute atomic E-state index is 0.637. The van der Waals surface area contributed by atoms with E-state index in [1.165, 1.54) is 30.4 Å². The van der Waals surface area contributed by atoms with Crippen molar-refractivity contribution in [3.63, 3.8) is 0 Å². The summed E-state index contributed by atoms with van der Waals surface area (Å²) in [5.41, 5.74) is 2.91. The van der Waals surface area contributed by atoms with Gasteiger partial charge in [-0.3, -0.25) is 0 Å². The van der Waals surface area contributed by atoms with Crippen LogP contribution in [0.15, 0.2) is 24.3 Å². The highest BCUT2D eigenvalue weighted by Gasteiger charge is 2.20. The van der Waals surface area contributed by atoms with Crippen molar-refractivity contribution in [2.45, 2.75) is 52.0 Å². The molecular formula is C16H25N. The minimum Gasteiger partial charge on any atom is -0.314 e. The molecule has 1 fully saturated rings. The summed E-state index contributed by atoms with van der Waals surface area (Å²) < 4.78 is 0. The Kier molecular flexibility index (Phi) is 4.22. The second-order valence-corrected chi connectivity index (χ2v) is 5.89. The van der Waals surface area contributed by atoms with Crippen molar-refractivity contribution in [2.24, 2.45) is 5.92 Å². The first-order valence-corrected chi connectivity index (χ1v) is 6.97. The van der Waals surface area contributed by atoms with E-state index in [1.807, 2.05) is 0 Å². The number of hydrogen-bond acceptors (Lipinski definition) is 1. The molecule has 1 N–H and O–H groups in total. The zero-order chi connectivity index (χ0) is 12.3. The van der Waals surface area contributed by atoms with Gasteiger partial charge in [0.1, 0.15) is 0 Å². The highest BCUT2D eigenvalue weighted by Crippen LogP contribution is 2.20. The van der Waals surface area contributed by atoms with E-state index >= 15 is 0 Å². The van der Waals surface area contributed by atoms with Crippen molar-refractivity contribution in [2.75, 3.05) is 6.54 Å². The van der Waals surface area contributed by atoms with Gasteiger partial charge in [-0.05, 0) is 48.8 Å². The van der Waals surface area contributed by atoms with Crippen LogP contribution in [0.2, 0.25) is 0 Å². The fourth-order valence-electron chi connectivity index (χ4n) is 2.17. The molecule has 1 heteroatoms. The molecule has 0 aliphatic heterocycles. The molecule has 1 aliphatic carbocycles. The fourth-order valence-corrected chi connectivity index (χ4v) is 2.17. The lowest BCUT2D eigenvalue weighted by Crippen LogP contribution is -2.24. The van der Waals surface area contributed by atoms with Gasteiger partial charge in [-0.2, -0.15) is 0 Å². The normalized spacial score (nSPS) is 17.4. The van der Waals surface area contributed by atoms with Crippen LogP contribution in [0.4, 0.5) is 0 Å². The van der Waals surface area contributed by atoms with Gasteiger partial charge in [0.15, 0.2) is 0 Å².